The van der Waals surface area contributed by atoms with E-state index in [1.165, 1.54) is 44.7 Å². The molecule has 1 unspecified atom stereocenters. The van der Waals surface area contributed by atoms with Crippen molar-refractivity contribution < 1.29 is 36.6 Å². The number of primary amides is 1. The van der Waals surface area contributed by atoms with E-state index in [0.717, 1.165) is 23.5 Å². The number of hydrogen-bond donors (Lipinski definition) is 1. The fourth-order valence-corrected chi connectivity index (χ4v) is 5.65. The lowest BCUT2D eigenvalue weighted by Gasteiger charge is -2.33. The lowest BCUT2D eigenvalue weighted by Crippen LogP contribution is -2.42. The molecule has 39 heavy (non-hydrogen) atoms. The molecule has 0 bridgehead atoms. The van der Waals surface area contributed by atoms with Crippen molar-refractivity contribution in [1.29, 1.82) is 0 Å². The molecule has 1 aliphatic carbocycles. The molecular formula is C27H21F4N3O4S. The molecule has 4 aromatic rings. The van der Waals surface area contributed by atoms with Crippen molar-refractivity contribution in [2.75, 3.05) is 14.2 Å². The van der Waals surface area contributed by atoms with Gasteiger partial charge in [0.2, 0.25) is 5.91 Å². The Kier molecular flexibility index (Phi) is 6.67. The van der Waals surface area contributed by atoms with Crippen LogP contribution in [0.25, 0.3) is 21.1 Å². The quantitative estimate of drug-likeness (QED) is 0.265. The number of thiazole rings is 1. The molecule has 0 aliphatic heterocycles. The Hall–Kier alpha value is -4.19. The molecule has 1 aliphatic rings. The van der Waals surface area contributed by atoms with Gasteiger partial charge in [-0.2, -0.15) is 13.2 Å². The van der Waals surface area contributed by atoms with Gasteiger partial charge in [-0.3, -0.25) is 9.78 Å². The number of hydrogen-bond acceptors (Lipinski definition) is 7. The molecule has 7 nitrogen and oxygen atoms in total. The van der Waals surface area contributed by atoms with Gasteiger partial charge in [0.15, 0.2) is 23.1 Å². The van der Waals surface area contributed by atoms with Crippen LogP contribution in [0.5, 0.6) is 23.0 Å². The van der Waals surface area contributed by atoms with Crippen LogP contribution in [0, 0.1) is 5.82 Å². The van der Waals surface area contributed by atoms with Gasteiger partial charge in [0, 0.05) is 36.2 Å². The summed E-state index contributed by atoms with van der Waals surface area (Å²) in [5, 5.41) is 0.232. The highest BCUT2D eigenvalue weighted by atomic mass is 32.1. The van der Waals surface area contributed by atoms with Gasteiger partial charge >= 0.3 is 6.18 Å². The number of nitrogens with zero attached hydrogens (tertiary/aromatic N) is 2. The Morgan fingerprint density at radius 3 is 2.51 bits per heavy atom. The van der Waals surface area contributed by atoms with Gasteiger partial charge in [-0.05, 0) is 18.6 Å². The third kappa shape index (κ3) is 4.76. The number of carbonyl (C=O) groups is 1. The summed E-state index contributed by atoms with van der Waals surface area (Å²) in [5.74, 6) is -0.626. The SMILES string of the molecule is COc1cc2nccc(Oc3cc4sc(C5(C(F)(F)F)C=CC=C(CC(N)=O)C5)nc4cc3F)c2cc1OC. The van der Waals surface area contributed by atoms with Crippen LogP contribution in [-0.4, -0.2) is 36.3 Å². The zero-order chi connectivity index (χ0) is 27.9. The zero-order valence-corrected chi connectivity index (χ0v) is 21.5. The Morgan fingerprint density at radius 1 is 1.08 bits per heavy atom. The third-order valence-corrected chi connectivity index (χ3v) is 7.57. The highest BCUT2D eigenvalue weighted by molar-refractivity contribution is 7.18. The van der Waals surface area contributed by atoms with Gasteiger partial charge in [-0.25, -0.2) is 9.37 Å². The van der Waals surface area contributed by atoms with Crippen LogP contribution in [0.2, 0.25) is 0 Å². The fourth-order valence-electron chi connectivity index (χ4n) is 4.49. The summed E-state index contributed by atoms with van der Waals surface area (Å²) in [6.07, 6.45) is -0.390. The molecule has 2 aromatic carbocycles. The van der Waals surface area contributed by atoms with Crippen LogP contribution >= 0.6 is 11.3 Å². The van der Waals surface area contributed by atoms with Gasteiger partial charge in [-0.1, -0.05) is 23.8 Å². The summed E-state index contributed by atoms with van der Waals surface area (Å²) >= 11 is 0.777. The summed E-state index contributed by atoms with van der Waals surface area (Å²) in [6.45, 7) is 0. The van der Waals surface area contributed by atoms with Crippen molar-refractivity contribution in [3.05, 3.63) is 71.2 Å². The van der Waals surface area contributed by atoms with E-state index in [0.29, 0.717) is 27.1 Å². The van der Waals surface area contributed by atoms with Crippen LogP contribution < -0.4 is 19.9 Å². The number of allylic oxidation sites excluding steroid dienone is 3. The molecule has 1 atom stereocenters. The number of benzene rings is 2. The van der Waals surface area contributed by atoms with E-state index in [2.05, 4.69) is 9.97 Å². The van der Waals surface area contributed by atoms with E-state index in [1.54, 1.807) is 12.1 Å². The number of nitrogens with two attached hydrogens (primary N) is 1. The topological polar surface area (TPSA) is 96.6 Å². The smallest absolute Gasteiger partial charge is 0.404 e. The molecule has 0 saturated carbocycles. The number of carbonyl (C=O) groups excluding carboxylic acids is 1. The van der Waals surface area contributed by atoms with Crippen molar-refractivity contribution >= 4 is 38.4 Å². The molecule has 2 N–H and O–H groups in total. The molecule has 202 valence electrons. The molecule has 12 heteroatoms. The number of halogens is 4. The number of amides is 1. The predicted octanol–water partition coefficient (Wildman–Crippen LogP) is 6.35. The predicted molar refractivity (Wildman–Crippen MR) is 138 cm³/mol. The second-order valence-corrected chi connectivity index (χ2v) is 9.91. The number of methoxy groups -OCH3 is 2. The maximum absolute atomic E-state index is 15.1. The lowest BCUT2D eigenvalue weighted by atomic mass is 9.77. The molecule has 0 saturated heterocycles. The maximum atomic E-state index is 15.1. The number of alkyl halides is 3. The van der Waals surface area contributed by atoms with E-state index in [1.807, 2.05) is 0 Å². The van der Waals surface area contributed by atoms with Gasteiger partial charge in [0.1, 0.15) is 16.2 Å². The van der Waals surface area contributed by atoms with Crippen molar-refractivity contribution in [3.8, 4) is 23.0 Å². The van der Waals surface area contributed by atoms with Gasteiger partial charge in [0.25, 0.3) is 0 Å². The minimum Gasteiger partial charge on any atom is -0.493 e. The number of pyridine rings is 1. The van der Waals surface area contributed by atoms with Crippen LogP contribution in [-0.2, 0) is 10.2 Å². The fraction of sp³-hybridized carbons (Fsp3) is 0.222. The average Bonchev–Trinajstić information content (AvgIpc) is 3.30. The van der Waals surface area contributed by atoms with Crippen LogP contribution in [0.15, 0.2) is 60.3 Å². The number of aromatic nitrogens is 2. The monoisotopic (exact) mass is 559 g/mol. The van der Waals surface area contributed by atoms with Crippen molar-refractivity contribution in [2.45, 2.75) is 24.4 Å². The Balaban J connectivity index is 1.56. The highest BCUT2D eigenvalue weighted by Gasteiger charge is 2.57. The second kappa shape index (κ2) is 9.84. The van der Waals surface area contributed by atoms with E-state index >= 15 is 4.39 Å². The van der Waals surface area contributed by atoms with Gasteiger partial charge in [0.05, 0.1) is 30.0 Å². The third-order valence-electron chi connectivity index (χ3n) is 6.38. The van der Waals surface area contributed by atoms with Crippen molar-refractivity contribution in [3.63, 3.8) is 0 Å². The van der Waals surface area contributed by atoms with E-state index in [9.17, 15) is 18.0 Å². The molecule has 2 heterocycles. The lowest BCUT2D eigenvalue weighted by molar-refractivity contribution is -0.176. The summed E-state index contributed by atoms with van der Waals surface area (Å²) in [7, 11) is 2.95. The van der Waals surface area contributed by atoms with Crippen LogP contribution in [0.4, 0.5) is 17.6 Å². The summed E-state index contributed by atoms with van der Waals surface area (Å²) < 4.78 is 75.4. The molecular weight excluding hydrogens is 538 g/mol. The molecule has 0 fully saturated rings. The molecule has 1 amide bonds. The second-order valence-electron chi connectivity index (χ2n) is 8.88. The van der Waals surface area contributed by atoms with E-state index in [-0.39, 0.29) is 34.0 Å². The summed E-state index contributed by atoms with van der Waals surface area (Å²) in [6, 6.07) is 7.17. The first-order valence-corrected chi connectivity index (χ1v) is 12.4. The van der Waals surface area contributed by atoms with Crippen LogP contribution in [0.1, 0.15) is 17.8 Å². The van der Waals surface area contributed by atoms with Crippen LogP contribution in [0.3, 0.4) is 0 Å². The first-order chi connectivity index (χ1) is 18.5. The number of fused-ring (bicyclic) bond motifs is 2. The first kappa shape index (κ1) is 26.4. The largest absolute Gasteiger partial charge is 0.493 e. The molecule has 2 aromatic heterocycles. The highest BCUT2D eigenvalue weighted by Crippen LogP contribution is 2.51. The molecule has 0 radical (unpaired) electrons. The Bertz CT molecular complexity index is 1660. The van der Waals surface area contributed by atoms with Crippen molar-refractivity contribution in [2.24, 2.45) is 5.73 Å². The normalized spacial score (nSPS) is 17.3. The Labute approximate surface area is 223 Å². The standard InChI is InChI=1S/C27H21F4N3O4S/c1-36-21-9-15-17(11-22(21)37-2)33-7-5-19(15)38-20-12-23-18(10-16(20)28)34-25(39-23)26(27(29,30)31)6-3-4-14(13-26)8-24(32)35/h3-7,9-12H,8,13H2,1-2H3,(H2,32,35). The average molecular weight is 560 g/mol. The molecule has 0 spiro atoms. The van der Waals surface area contributed by atoms with E-state index in [4.69, 9.17) is 19.9 Å². The van der Waals surface area contributed by atoms with E-state index < -0.39 is 29.7 Å². The summed E-state index contributed by atoms with van der Waals surface area (Å²) in [5.41, 5.74) is 3.51. The minimum atomic E-state index is -4.73. The molecule has 5 rings (SSSR count). The first-order valence-electron chi connectivity index (χ1n) is 11.6. The maximum Gasteiger partial charge on any atom is 0.404 e. The number of rotatable bonds is 7. The minimum absolute atomic E-state index is 0.0499. The summed E-state index contributed by atoms with van der Waals surface area (Å²) in [4.78, 5) is 19.8. The number of ether oxygens (including phenoxy) is 3. The van der Waals surface area contributed by atoms with Gasteiger partial charge in [-0.15, -0.1) is 11.3 Å². The van der Waals surface area contributed by atoms with Gasteiger partial charge < -0.3 is 19.9 Å². The van der Waals surface area contributed by atoms with Crippen molar-refractivity contribution in [1.82, 2.24) is 9.97 Å². The Morgan fingerprint density at radius 2 is 1.82 bits per heavy atom. The zero-order valence-electron chi connectivity index (χ0n) is 20.6.